The van der Waals surface area contributed by atoms with Crippen LogP contribution in [-0.2, 0) is 27.9 Å². The van der Waals surface area contributed by atoms with Crippen molar-refractivity contribution in [2.24, 2.45) is 0 Å². The van der Waals surface area contributed by atoms with Crippen LogP contribution in [0.5, 0.6) is 0 Å². The summed E-state index contributed by atoms with van der Waals surface area (Å²) in [6.07, 6.45) is 66.0. The Bertz CT molecular complexity index is 1340. The van der Waals surface area contributed by atoms with Crippen LogP contribution in [0.2, 0.25) is 0 Å². The van der Waals surface area contributed by atoms with E-state index in [1.807, 2.05) is 33.3 Å². The number of ether oxygens (including phenoxy) is 1. The zero-order chi connectivity index (χ0) is 55.0. The Balaban J connectivity index is 5.18. The molecule has 0 aliphatic rings. The lowest BCUT2D eigenvalue weighted by atomic mass is 10.0. The fourth-order valence-corrected chi connectivity index (χ4v) is 10.6. The summed E-state index contributed by atoms with van der Waals surface area (Å²) in [5.74, 6) is -0.487. The number of carbonyl (C=O) groups is 2. The number of phosphoric acid groups is 1. The third-order valence-corrected chi connectivity index (χ3v) is 15.9. The Morgan fingerprint density at radius 1 is 0.453 bits per heavy atom. The van der Waals surface area contributed by atoms with Gasteiger partial charge < -0.3 is 19.4 Å². The van der Waals surface area contributed by atoms with E-state index in [1.54, 1.807) is 0 Å². The highest BCUT2D eigenvalue weighted by Gasteiger charge is 2.30. The first kappa shape index (κ1) is 73.5. The number of nitrogens with zero attached hydrogens (tertiary/aromatic N) is 1. The number of hydrogen-bond acceptors (Lipinski definition) is 6. The molecule has 0 aliphatic heterocycles. The number of unbranched alkanes of at least 4 members (excludes halogenated alkanes) is 42. The van der Waals surface area contributed by atoms with Crippen molar-refractivity contribution in [1.29, 1.82) is 0 Å². The van der Waals surface area contributed by atoms with Crippen LogP contribution < -0.4 is 5.32 Å². The van der Waals surface area contributed by atoms with Crippen molar-refractivity contribution >= 4 is 19.7 Å². The van der Waals surface area contributed by atoms with Gasteiger partial charge in [0.05, 0.1) is 33.8 Å². The van der Waals surface area contributed by atoms with Crippen molar-refractivity contribution in [3.63, 3.8) is 0 Å². The summed E-state index contributed by atoms with van der Waals surface area (Å²) in [6, 6.07) is -0.843. The number of esters is 1. The molecule has 0 saturated carbocycles. The summed E-state index contributed by atoms with van der Waals surface area (Å²) < 4.78 is 30.8. The first-order chi connectivity index (χ1) is 36.4. The quantitative estimate of drug-likeness (QED) is 0.0205. The Morgan fingerprint density at radius 2 is 0.773 bits per heavy atom. The van der Waals surface area contributed by atoms with Gasteiger partial charge >= 0.3 is 13.8 Å². The number of carbonyl (C=O) groups excluding carboxylic acids is 2. The summed E-state index contributed by atoms with van der Waals surface area (Å²) in [4.78, 5) is 37.8. The van der Waals surface area contributed by atoms with Gasteiger partial charge in [-0.2, -0.15) is 0 Å². The van der Waals surface area contributed by atoms with Crippen molar-refractivity contribution in [1.82, 2.24) is 5.32 Å². The second-order valence-electron chi connectivity index (χ2n) is 23.6. The lowest BCUT2D eigenvalue weighted by Gasteiger charge is -2.27. The predicted octanol–water partition coefficient (Wildman–Crippen LogP) is 20.1. The average molecular weight is 1080 g/mol. The van der Waals surface area contributed by atoms with E-state index in [0.29, 0.717) is 23.9 Å². The normalized spacial score (nSPS) is 13.7. The Hall–Kier alpha value is -1.51. The molecule has 0 aromatic carbocycles. The van der Waals surface area contributed by atoms with E-state index < -0.39 is 20.0 Å². The van der Waals surface area contributed by atoms with Crippen LogP contribution in [0.3, 0.4) is 0 Å². The highest BCUT2D eigenvalue weighted by atomic mass is 31.2. The number of hydrogen-bond donors (Lipinski definition) is 2. The van der Waals surface area contributed by atoms with Crippen LogP contribution >= 0.6 is 7.82 Å². The van der Waals surface area contributed by atoms with Crippen LogP contribution in [0.15, 0.2) is 24.3 Å². The molecule has 75 heavy (non-hydrogen) atoms. The molecule has 0 aliphatic carbocycles. The minimum Gasteiger partial charge on any atom is -0.456 e. The topological polar surface area (TPSA) is 111 Å². The van der Waals surface area contributed by atoms with Crippen LogP contribution in [0.4, 0.5) is 0 Å². The van der Waals surface area contributed by atoms with Crippen LogP contribution in [0.1, 0.15) is 329 Å². The molecule has 3 unspecified atom stereocenters. The van der Waals surface area contributed by atoms with Crippen molar-refractivity contribution < 1.29 is 37.3 Å². The van der Waals surface area contributed by atoms with E-state index in [1.165, 1.54) is 238 Å². The van der Waals surface area contributed by atoms with Crippen LogP contribution in [-0.4, -0.2) is 74.3 Å². The highest BCUT2D eigenvalue weighted by Crippen LogP contribution is 2.43. The fourth-order valence-electron chi connectivity index (χ4n) is 9.82. The second-order valence-corrected chi connectivity index (χ2v) is 25.1. The third-order valence-electron chi connectivity index (χ3n) is 14.9. The molecule has 0 fully saturated rings. The van der Waals surface area contributed by atoms with E-state index in [4.69, 9.17) is 13.8 Å². The van der Waals surface area contributed by atoms with E-state index in [2.05, 4.69) is 38.2 Å². The number of phosphoric ester groups is 1. The molecular weight excluding hydrogens is 952 g/mol. The summed E-state index contributed by atoms with van der Waals surface area (Å²) >= 11 is 0. The summed E-state index contributed by atoms with van der Waals surface area (Å²) in [5.41, 5.74) is 0. The van der Waals surface area contributed by atoms with E-state index in [0.717, 1.165) is 57.8 Å². The summed E-state index contributed by atoms with van der Waals surface area (Å²) in [5, 5.41) is 3.07. The van der Waals surface area contributed by atoms with Crippen molar-refractivity contribution in [2.75, 3.05) is 40.9 Å². The third kappa shape index (κ3) is 57.0. The number of rotatable bonds is 60. The molecule has 0 bridgehead atoms. The van der Waals surface area contributed by atoms with Crippen LogP contribution in [0.25, 0.3) is 0 Å². The first-order valence-corrected chi connectivity index (χ1v) is 34.2. The zero-order valence-corrected chi connectivity index (χ0v) is 51.7. The van der Waals surface area contributed by atoms with Gasteiger partial charge in [0.15, 0.2) is 0 Å². The molecule has 0 saturated heterocycles. The lowest BCUT2D eigenvalue weighted by molar-refractivity contribution is -0.870. The van der Waals surface area contributed by atoms with Crippen LogP contribution in [0, 0.1) is 0 Å². The van der Waals surface area contributed by atoms with Gasteiger partial charge in [-0.25, -0.2) is 4.57 Å². The van der Waals surface area contributed by atoms with Gasteiger partial charge in [0.2, 0.25) is 5.91 Å². The molecule has 0 aromatic rings. The van der Waals surface area contributed by atoms with Gasteiger partial charge in [-0.3, -0.25) is 18.6 Å². The molecular formula is C65H128N2O7P+. The zero-order valence-electron chi connectivity index (χ0n) is 50.8. The second kappa shape index (κ2) is 55.8. The largest absolute Gasteiger partial charge is 0.472 e. The number of likely N-dealkylation sites (N-methyl/N-ethyl adjacent to an activating group) is 1. The van der Waals surface area contributed by atoms with Gasteiger partial charge in [-0.05, 0) is 57.4 Å². The number of quaternary nitrogens is 1. The standard InChI is InChI=1S/C65H127N2O7P/c1-7-10-13-16-19-22-25-28-30-31-32-33-34-35-37-39-42-45-48-51-54-57-64(68)66-62(61-73-75(70,71)72-60-59-67(4,5)6)63(56-53-50-47-44-41-38-27-24-21-18-15-12-9-3)74-65(69)58-55-52-49-46-43-40-36-29-26-23-20-17-14-11-8-2/h28,30,53,56,62-63H,7-27,29,31-52,54-55,57-61H2,1-6H3,(H-,66,68,70,71)/p+1/b30-28+,56-53-. The maximum atomic E-state index is 13.6. The number of allylic oxidation sites excluding steroid dienone is 3. The maximum Gasteiger partial charge on any atom is 0.472 e. The van der Waals surface area contributed by atoms with Gasteiger partial charge in [0.1, 0.15) is 19.3 Å². The maximum absolute atomic E-state index is 13.6. The average Bonchev–Trinajstić information content (AvgIpc) is 3.37. The minimum atomic E-state index is -4.44. The Morgan fingerprint density at radius 3 is 1.13 bits per heavy atom. The van der Waals surface area contributed by atoms with E-state index in [9.17, 15) is 19.0 Å². The molecule has 9 nitrogen and oxygen atoms in total. The molecule has 0 heterocycles. The van der Waals surface area contributed by atoms with E-state index >= 15 is 0 Å². The first-order valence-electron chi connectivity index (χ1n) is 32.7. The molecule has 444 valence electrons. The minimum absolute atomic E-state index is 0.0440. The number of amides is 1. The predicted molar refractivity (Wildman–Crippen MR) is 323 cm³/mol. The van der Waals surface area contributed by atoms with E-state index in [-0.39, 0.29) is 25.1 Å². The van der Waals surface area contributed by atoms with Crippen molar-refractivity contribution in [3.05, 3.63) is 24.3 Å². The monoisotopic (exact) mass is 1080 g/mol. The number of nitrogens with one attached hydrogen (secondary N) is 1. The van der Waals surface area contributed by atoms with Gasteiger partial charge in [0.25, 0.3) is 0 Å². The Labute approximate surface area is 466 Å². The molecule has 0 rings (SSSR count). The lowest BCUT2D eigenvalue weighted by Crippen LogP contribution is -2.47. The molecule has 0 spiro atoms. The molecule has 0 radical (unpaired) electrons. The smallest absolute Gasteiger partial charge is 0.456 e. The SMILES string of the molecule is CCCCCCCC/C=C/CCCCCCCCCCCCCC(=O)NC(COP(=O)(O)OCC[N+](C)(C)C)C(/C=C\CCCCCCCCCCCCC)OC(=O)CCCCCCCCCCCCCCCCC. The van der Waals surface area contributed by atoms with Crippen molar-refractivity contribution in [2.45, 2.75) is 341 Å². The van der Waals surface area contributed by atoms with Crippen molar-refractivity contribution in [3.8, 4) is 0 Å². The molecule has 10 heteroatoms. The summed E-state index contributed by atoms with van der Waals surface area (Å²) in [7, 11) is 1.51. The Kier molecular flexibility index (Phi) is 54.7. The van der Waals surface area contributed by atoms with Gasteiger partial charge in [-0.15, -0.1) is 0 Å². The summed E-state index contributed by atoms with van der Waals surface area (Å²) in [6.45, 7) is 7.06. The molecule has 0 aromatic heterocycles. The van der Waals surface area contributed by atoms with Gasteiger partial charge in [0, 0.05) is 12.8 Å². The molecule has 1 amide bonds. The highest BCUT2D eigenvalue weighted by molar-refractivity contribution is 7.47. The fraction of sp³-hybridized carbons (Fsp3) is 0.908. The molecule has 2 N–H and O–H groups in total. The molecule has 3 atom stereocenters. The van der Waals surface area contributed by atoms with Gasteiger partial charge in [-0.1, -0.05) is 283 Å².